The van der Waals surface area contributed by atoms with Crippen molar-refractivity contribution in [2.75, 3.05) is 6.61 Å². The summed E-state index contributed by atoms with van der Waals surface area (Å²) in [7, 11) is -1.93. The van der Waals surface area contributed by atoms with Crippen molar-refractivity contribution in [3.05, 3.63) is 12.7 Å². The van der Waals surface area contributed by atoms with Crippen LogP contribution in [0.25, 0.3) is 0 Å². The number of rotatable bonds is 8. The molecule has 1 saturated heterocycles. The second kappa shape index (κ2) is 7.79. The molecular weight excluding hydrogens is 308 g/mol. The zero-order chi connectivity index (χ0) is 17.9. The molecule has 0 aromatic rings. The monoisotopic (exact) mass is 344 g/mol. The van der Waals surface area contributed by atoms with Crippen LogP contribution in [-0.2, 0) is 13.9 Å². The number of hydrogen-bond donors (Lipinski definition) is 1. The molecule has 0 bridgehead atoms. The Morgan fingerprint density at radius 3 is 2.39 bits per heavy atom. The lowest BCUT2D eigenvalue weighted by atomic mass is 10.0. The van der Waals surface area contributed by atoms with Gasteiger partial charge in [-0.1, -0.05) is 26.8 Å². The summed E-state index contributed by atoms with van der Waals surface area (Å²) in [6.45, 7) is 18.7. The smallest absolute Gasteiger partial charge is 0.192 e. The number of aliphatic hydroxyl groups excluding tert-OH is 1. The molecule has 0 aromatic carbocycles. The average Bonchev–Trinajstić information content (AvgIpc) is 2.71. The number of allylic oxidation sites excluding steroid dienone is 1. The van der Waals surface area contributed by atoms with Gasteiger partial charge in [0, 0.05) is 0 Å². The van der Waals surface area contributed by atoms with Crippen LogP contribution >= 0.6 is 0 Å². The van der Waals surface area contributed by atoms with Gasteiger partial charge in [0.05, 0.1) is 12.7 Å². The molecule has 136 valence electrons. The van der Waals surface area contributed by atoms with Gasteiger partial charge in [0.15, 0.2) is 14.1 Å². The quantitative estimate of drug-likeness (QED) is 0.406. The van der Waals surface area contributed by atoms with Crippen LogP contribution in [0.2, 0.25) is 18.1 Å². The van der Waals surface area contributed by atoms with Gasteiger partial charge in [0.2, 0.25) is 0 Å². The minimum atomic E-state index is -1.93. The lowest BCUT2D eigenvalue weighted by molar-refractivity contribution is -0.156. The van der Waals surface area contributed by atoms with E-state index >= 15 is 0 Å². The molecule has 0 aliphatic carbocycles. The van der Waals surface area contributed by atoms with Crippen LogP contribution in [0.15, 0.2) is 12.7 Å². The van der Waals surface area contributed by atoms with E-state index in [4.69, 9.17) is 13.9 Å². The molecule has 0 aromatic heterocycles. The first-order valence-electron chi connectivity index (χ1n) is 8.69. The first kappa shape index (κ1) is 20.8. The van der Waals surface area contributed by atoms with Crippen molar-refractivity contribution in [2.24, 2.45) is 0 Å². The molecule has 5 heteroatoms. The maximum atomic E-state index is 9.68. The lowest BCUT2D eigenvalue weighted by Gasteiger charge is -2.41. The minimum Gasteiger partial charge on any atom is -0.411 e. The highest BCUT2D eigenvalue weighted by atomic mass is 28.4. The topological polar surface area (TPSA) is 47.9 Å². The van der Waals surface area contributed by atoms with Crippen molar-refractivity contribution in [3.63, 3.8) is 0 Å². The molecule has 1 aliphatic heterocycles. The predicted molar refractivity (Wildman–Crippen MR) is 97.0 cm³/mol. The zero-order valence-corrected chi connectivity index (χ0v) is 17.0. The third-order valence-corrected chi connectivity index (χ3v) is 9.42. The van der Waals surface area contributed by atoms with Crippen LogP contribution in [-0.4, -0.2) is 44.1 Å². The van der Waals surface area contributed by atoms with Gasteiger partial charge in [-0.25, -0.2) is 0 Å². The molecule has 1 fully saturated rings. The fourth-order valence-electron chi connectivity index (χ4n) is 2.63. The Bertz CT molecular complexity index is 387. The van der Waals surface area contributed by atoms with Gasteiger partial charge in [-0.05, 0) is 51.2 Å². The zero-order valence-electron chi connectivity index (χ0n) is 16.0. The van der Waals surface area contributed by atoms with E-state index in [0.717, 1.165) is 19.3 Å². The van der Waals surface area contributed by atoms with Crippen LogP contribution in [0.4, 0.5) is 0 Å². The fraction of sp³-hybridized carbons (Fsp3) is 0.889. The molecule has 0 spiro atoms. The van der Waals surface area contributed by atoms with Gasteiger partial charge in [-0.2, -0.15) is 0 Å². The van der Waals surface area contributed by atoms with Crippen LogP contribution < -0.4 is 0 Å². The fourth-order valence-corrected chi connectivity index (χ4v) is 3.99. The normalized spacial score (nSPS) is 26.3. The molecule has 0 amide bonds. The number of unbranched alkanes of at least 4 members (excludes halogenated alkanes) is 1. The molecule has 3 atom stereocenters. The largest absolute Gasteiger partial charge is 0.411 e. The first-order chi connectivity index (χ1) is 10.4. The maximum absolute atomic E-state index is 9.68. The van der Waals surface area contributed by atoms with Crippen molar-refractivity contribution in [1.82, 2.24) is 0 Å². The van der Waals surface area contributed by atoms with E-state index in [0.29, 0.717) is 0 Å². The predicted octanol–water partition coefficient (Wildman–Crippen LogP) is 4.25. The molecule has 1 rings (SSSR count). The van der Waals surface area contributed by atoms with Crippen molar-refractivity contribution in [1.29, 1.82) is 0 Å². The maximum Gasteiger partial charge on any atom is 0.192 e. The highest BCUT2D eigenvalue weighted by molar-refractivity contribution is 6.74. The number of aliphatic hydroxyl groups is 1. The standard InChI is InChI=1S/C18H36O4Si/c1-9-10-11-12-14(22-23(7,8)17(2,3)4)16-15(13-19)20-18(5,6)21-16/h9,14-16,19H,1,10-13H2,2-8H3/t14-,15+,16+/m1/s1. The van der Waals surface area contributed by atoms with Gasteiger partial charge >= 0.3 is 0 Å². The van der Waals surface area contributed by atoms with Crippen LogP contribution in [0, 0.1) is 0 Å². The third-order valence-electron chi connectivity index (χ3n) is 4.92. The second-order valence-corrected chi connectivity index (χ2v) is 13.2. The molecular formula is C18H36O4Si. The highest BCUT2D eigenvalue weighted by Gasteiger charge is 2.48. The third kappa shape index (κ3) is 5.68. The van der Waals surface area contributed by atoms with E-state index < -0.39 is 14.1 Å². The molecule has 0 unspecified atom stereocenters. The van der Waals surface area contributed by atoms with Gasteiger partial charge < -0.3 is 19.0 Å². The first-order valence-corrected chi connectivity index (χ1v) is 11.6. The minimum absolute atomic E-state index is 0.0487. The summed E-state index contributed by atoms with van der Waals surface area (Å²) in [6.07, 6.45) is 4.16. The summed E-state index contributed by atoms with van der Waals surface area (Å²) in [4.78, 5) is 0. The summed E-state index contributed by atoms with van der Waals surface area (Å²) in [5.74, 6) is -0.675. The Balaban J connectivity index is 2.93. The van der Waals surface area contributed by atoms with E-state index in [9.17, 15) is 5.11 Å². The molecule has 4 nitrogen and oxygen atoms in total. The Kier molecular flexibility index (Phi) is 7.05. The summed E-state index contributed by atoms with van der Waals surface area (Å²) >= 11 is 0. The SMILES string of the molecule is C=CCCC[C@@H](O[Si](C)(C)C(C)(C)C)[C@@H]1OC(C)(C)O[C@H]1CO. The average molecular weight is 345 g/mol. The molecule has 1 heterocycles. The Hall–Kier alpha value is -0.203. The summed E-state index contributed by atoms with van der Waals surface area (Å²) in [5, 5.41) is 9.81. The van der Waals surface area contributed by atoms with Crippen molar-refractivity contribution in [2.45, 2.75) is 96.1 Å². The van der Waals surface area contributed by atoms with Crippen molar-refractivity contribution >= 4 is 8.32 Å². The van der Waals surface area contributed by atoms with Gasteiger partial charge in [-0.3, -0.25) is 0 Å². The summed E-state index contributed by atoms with van der Waals surface area (Å²) in [6, 6.07) is 0. The van der Waals surface area contributed by atoms with Gasteiger partial charge in [0.1, 0.15) is 12.2 Å². The van der Waals surface area contributed by atoms with E-state index in [2.05, 4.69) is 40.4 Å². The summed E-state index contributed by atoms with van der Waals surface area (Å²) in [5.41, 5.74) is 0. The molecule has 23 heavy (non-hydrogen) atoms. The molecule has 1 aliphatic rings. The van der Waals surface area contributed by atoms with Crippen molar-refractivity contribution in [3.8, 4) is 0 Å². The summed E-state index contributed by atoms with van der Waals surface area (Å²) < 4.78 is 18.6. The van der Waals surface area contributed by atoms with Crippen LogP contribution in [0.5, 0.6) is 0 Å². The molecule has 1 N–H and O–H groups in total. The van der Waals surface area contributed by atoms with Gasteiger partial charge in [0.25, 0.3) is 0 Å². The van der Waals surface area contributed by atoms with E-state index in [-0.39, 0.29) is 30.0 Å². The number of ether oxygens (including phenoxy) is 2. The lowest BCUT2D eigenvalue weighted by Crippen LogP contribution is -2.49. The highest BCUT2D eigenvalue weighted by Crippen LogP contribution is 2.40. The van der Waals surface area contributed by atoms with E-state index in [1.165, 1.54) is 0 Å². The van der Waals surface area contributed by atoms with Gasteiger partial charge in [-0.15, -0.1) is 6.58 Å². The Labute approximate surface area is 143 Å². The van der Waals surface area contributed by atoms with Crippen LogP contribution in [0.3, 0.4) is 0 Å². The van der Waals surface area contributed by atoms with Crippen LogP contribution in [0.1, 0.15) is 53.9 Å². The van der Waals surface area contributed by atoms with E-state index in [1.54, 1.807) is 0 Å². The Morgan fingerprint density at radius 1 is 1.30 bits per heavy atom. The number of hydrogen-bond acceptors (Lipinski definition) is 4. The Morgan fingerprint density at radius 2 is 1.91 bits per heavy atom. The second-order valence-electron chi connectivity index (χ2n) is 8.46. The van der Waals surface area contributed by atoms with E-state index in [1.807, 2.05) is 19.9 Å². The van der Waals surface area contributed by atoms with Crippen molar-refractivity contribution < 1.29 is 19.0 Å². The molecule has 0 radical (unpaired) electrons. The molecule has 0 saturated carbocycles.